The third kappa shape index (κ3) is 4.35. The number of rotatable bonds is 5. The molecule has 3 nitrogen and oxygen atoms in total. The molecular weight excluding hydrogens is 242 g/mol. The van der Waals surface area contributed by atoms with E-state index in [2.05, 4.69) is 40.5 Å². The first-order valence-electron chi connectivity index (χ1n) is 6.90. The molecule has 102 valence electrons. The van der Waals surface area contributed by atoms with Gasteiger partial charge < -0.3 is 15.1 Å². The summed E-state index contributed by atoms with van der Waals surface area (Å²) >= 11 is 1.86. The van der Waals surface area contributed by atoms with Gasteiger partial charge in [-0.3, -0.25) is 0 Å². The molecule has 1 aliphatic heterocycles. The van der Waals surface area contributed by atoms with Crippen molar-refractivity contribution in [3.8, 4) is 0 Å². The lowest BCUT2D eigenvalue weighted by Gasteiger charge is -2.20. The zero-order chi connectivity index (χ0) is 12.8. The van der Waals surface area contributed by atoms with Gasteiger partial charge in [0, 0.05) is 37.6 Å². The largest absolute Gasteiger partial charge is 0.311 e. The molecule has 2 heterocycles. The van der Waals surface area contributed by atoms with Gasteiger partial charge in [0.25, 0.3) is 0 Å². The molecule has 1 aliphatic rings. The molecule has 4 heteroatoms. The molecular formula is C14H25N3S. The van der Waals surface area contributed by atoms with Gasteiger partial charge in [-0.05, 0) is 50.5 Å². The van der Waals surface area contributed by atoms with E-state index in [-0.39, 0.29) is 0 Å². The van der Waals surface area contributed by atoms with Gasteiger partial charge in [0.2, 0.25) is 0 Å². The van der Waals surface area contributed by atoms with E-state index in [9.17, 15) is 0 Å². The van der Waals surface area contributed by atoms with E-state index >= 15 is 0 Å². The first kappa shape index (κ1) is 14.0. The fourth-order valence-electron chi connectivity index (χ4n) is 2.35. The highest BCUT2D eigenvalue weighted by Gasteiger charge is 2.11. The van der Waals surface area contributed by atoms with Gasteiger partial charge >= 0.3 is 0 Å². The van der Waals surface area contributed by atoms with Crippen molar-refractivity contribution in [2.24, 2.45) is 0 Å². The average molecular weight is 267 g/mol. The fraction of sp³-hybridized carbons (Fsp3) is 0.714. The molecule has 0 aromatic carbocycles. The van der Waals surface area contributed by atoms with Crippen molar-refractivity contribution < 1.29 is 0 Å². The van der Waals surface area contributed by atoms with Crippen LogP contribution in [0, 0.1) is 6.92 Å². The molecule has 0 radical (unpaired) electrons. The van der Waals surface area contributed by atoms with Gasteiger partial charge in [0.15, 0.2) is 0 Å². The highest BCUT2D eigenvalue weighted by atomic mass is 32.1. The number of hydrogen-bond donors (Lipinski definition) is 1. The second kappa shape index (κ2) is 7.24. The van der Waals surface area contributed by atoms with E-state index in [1.165, 1.54) is 49.6 Å². The monoisotopic (exact) mass is 267 g/mol. The van der Waals surface area contributed by atoms with E-state index in [4.69, 9.17) is 0 Å². The molecule has 2 rings (SSSR count). The van der Waals surface area contributed by atoms with Crippen LogP contribution >= 0.6 is 11.3 Å². The molecule has 0 amide bonds. The van der Waals surface area contributed by atoms with E-state index < -0.39 is 0 Å². The summed E-state index contributed by atoms with van der Waals surface area (Å²) in [6, 6.07) is 2.20. The van der Waals surface area contributed by atoms with Crippen LogP contribution in [0.4, 0.5) is 0 Å². The minimum atomic E-state index is 1.03. The Bertz CT molecular complexity index is 351. The molecule has 1 saturated heterocycles. The maximum absolute atomic E-state index is 3.56. The topological polar surface area (TPSA) is 18.5 Å². The first-order valence-corrected chi connectivity index (χ1v) is 7.78. The molecule has 0 saturated carbocycles. The van der Waals surface area contributed by atoms with Crippen LogP contribution in [0.15, 0.2) is 11.4 Å². The number of likely N-dealkylation sites (N-methyl/N-ethyl adjacent to an activating group) is 1. The molecule has 0 unspecified atom stereocenters. The quantitative estimate of drug-likeness (QED) is 0.821. The Morgan fingerprint density at radius 3 is 2.94 bits per heavy atom. The van der Waals surface area contributed by atoms with Gasteiger partial charge in [-0.1, -0.05) is 0 Å². The summed E-state index contributed by atoms with van der Waals surface area (Å²) < 4.78 is 0. The Morgan fingerprint density at radius 2 is 2.17 bits per heavy atom. The van der Waals surface area contributed by atoms with Crippen molar-refractivity contribution in [1.29, 1.82) is 0 Å². The summed E-state index contributed by atoms with van der Waals surface area (Å²) in [5, 5.41) is 5.74. The maximum Gasteiger partial charge on any atom is 0.0302 e. The smallest absolute Gasteiger partial charge is 0.0302 e. The van der Waals surface area contributed by atoms with Gasteiger partial charge in [0.05, 0.1) is 0 Å². The molecule has 1 N–H and O–H groups in total. The van der Waals surface area contributed by atoms with Crippen molar-refractivity contribution in [3.05, 3.63) is 21.9 Å². The molecule has 0 spiro atoms. The van der Waals surface area contributed by atoms with E-state index in [0.29, 0.717) is 0 Å². The lowest BCUT2D eigenvalue weighted by Crippen LogP contribution is -2.34. The van der Waals surface area contributed by atoms with Crippen LogP contribution in [-0.4, -0.2) is 56.1 Å². The van der Waals surface area contributed by atoms with Crippen molar-refractivity contribution in [2.75, 3.05) is 46.3 Å². The van der Waals surface area contributed by atoms with Crippen LogP contribution in [0.2, 0.25) is 0 Å². The van der Waals surface area contributed by atoms with E-state index in [1.54, 1.807) is 0 Å². The Hall–Kier alpha value is -0.420. The van der Waals surface area contributed by atoms with Crippen molar-refractivity contribution in [3.63, 3.8) is 0 Å². The third-order valence-corrected chi connectivity index (χ3v) is 4.69. The summed E-state index contributed by atoms with van der Waals surface area (Å²) in [7, 11) is 2.22. The standard InChI is InChI=1S/C14H25N3S/c1-13-4-11-18-14(13)12-15-5-8-17-7-3-6-16(2)9-10-17/h4,11,15H,3,5-10,12H2,1-2H3. The number of thiophene rings is 1. The number of nitrogens with one attached hydrogen (secondary N) is 1. The Balaban J connectivity index is 1.62. The average Bonchev–Trinajstić information content (AvgIpc) is 2.64. The lowest BCUT2D eigenvalue weighted by molar-refractivity contribution is 0.276. The second-order valence-corrected chi connectivity index (χ2v) is 6.20. The predicted octanol–water partition coefficient (Wildman–Crippen LogP) is 1.78. The molecule has 1 aromatic rings. The normalized spacial score (nSPS) is 19.0. The van der Waals surface area contributed by atoms with Gasteiger partial charge in [-0.15, -0.1) is 11.3 Å². The minimum Gasteiger partial charge on any atom is -0.311 e. The van der Waals surface area contributed by atoms with E-state index in [1.807, 2.05) is 11.3 Å². The van der Waals surface area contributed by atoms with Gasteiger partial charge in [-0.25, -0.2) is 0 Å². The summed E-state index contributed by atoms with van der Waals surface area (Å²) in [5.74, 6) is 0. The van der Waals surface area contributed by atoms with Gasteiger partial charge in [0.1, 0.15) is 0 Å². The Labute approximate surface area is 115 Å². The third-order valence-electron chi connectivity index (χ3n) is 3.67. The predicted molar refractivity (Wildman–Crippen MR) is 79.3 cm³/mol. The lowest BCUT2D eigenvalue weighted by atomic mass is 10.3. The summed E-state index contributed by atoms with van der Waals surface area (Å²) in [4.78, 5) is 6.49. The molecule has 0 atom stereocenters. The number of aryl methyl sites for hydroxylation is 1. The zero-order valence-corrected chi connectivity index (χ0v) is 12.4. The Kier molecular flexibility index (Phi) is 5.63. The van der Waals surface area contributed by atoms with Crippen molar-refractivity contribution in [1.82, 2.24) is 15.1 Å². The van der Waals surface area contributed by atoms with Crippen molar-refractivity contribution in [2.45, 2.75) is 19.9 Å². The molecule has 0 bridgehead atoms. The van der Waals surface area contributed by atoms with Crippen LogP contribution in [0.3, 0.4) is 0 Å². The Morgan fingerprint density at radius 1 is 1.28 bits per heavy atom. The second-order valence-electron chi connectivity index (χ2n) is 5.20. The number of hydrogen-bond acceptors (Lipinski definition) is 4. The highest BCUT2D eigenvalue weighted by Crippen LogP contribution is 2.14. The molecule has 1 aromatic heterocycles. The summed E-state index contributed by atoms with van der Waals surface area (Å²) in [5.41, 5.74) is 1.42. The van der Waals surface area contributed by atoms with Crippen LogP contribution in [-0.2, 0) is 6.54 Å². The van der Waals surface area contributed by atoms with E-state index in [0.717, 1.165) is 13.1 Å². The zero-order valence-electron chi connectivity index (χ0n) is 11.6. The van der Waals surface area contributed by atoms with Crippen LogP contribution in [0.1, 0.15) is 16.9 Å². The van der Waals surface area contributed by atoms with Gasteiger partial charge in [-0.2, -0.15) is 0 Å². The number of nitrogens with zero attached hydrogens (tertiary/aromatic N) is 2. The minimum absolute atomic E-state index is 1.03. The SMILES string of the molecule is Cc1ccsc1CNCCN1CCCN(C)CC1. The van der Waals surface area contributed by atoms with Crippen LogP contribution < -0.4 is 5.32 Å². The summed E-state index contributed by atoms with van der Waals surface area (Å²) in [6.07, 6.45) is 1.31. The molecule has 18 heavy (non-hydrogen) atoms. The summed E-state index contributed by atoms with van der Waals surface area (Å²) in [6.45, 7) is 10.4. The first-order chi connectivity index (χ1) is 8.75. The van der Waals surface area contributed by atoms with Crippen LogP contribution in [0.25, 0.3) is 0 Å². The fourth-order valence-corrected chi connectivity index (χ4v) is 3.22. The molecule has 1 fully saturated rings. The van der Waals surface area contributed by atoms with Crippen molar-refractivity contribution >= 4 is 11.3 Å². The maximum atomic E-state index is 3.56. The van der Waals surface area contributed by atoms with Crippen LogP contribution in [0.5, 0.6) is 0 Å². The highest BCUT2D eigenvalue weighted by molar-refractivity contribution is 7.10. The molecule has 0 aliphatic carbocycles.